The van der Waals surface area contributed by atoms with Crippen molar-refractivity contribution in [3.8, 4) is 0 Å². The maximum Gasteiger partial charge on any atom is 0.145 e. The minimum absolute atomic E-state index is 0.0282. The van der Waals surface area contributed by atoms with Gasteiger partial charge in [-0.2, -0.15) is 0 Å². The summed E-state index contributed by atoms with van der Waals surface area (Å²) < 4.78 is 13.7. The van der Waals surface area contributed by atoms with E-state index in [0.717, 1.165) is 5.92 Å². The second-order valence-electron chi connectivity index (χ2n) is 4.78. The molecule has 16 heavy (non-hydrogen) atoms. The van der Waals surface area contributed by atoms with E-state index >= 15 is 0 Å². The van der Waals surface area contributed by atoms with Crippen LogP contribution in [0.4, 0.5) is 4.39 Å². The van der Waals surface area contributed by atoms with E-state index in [2.05, 4.69) is 6.92 Å². The largest absolute Gasteiger partial charge is 0.327 e. The number of benzene rings is 1. The standard InChI is InChI=1S/C13H17ClFN/c1-8(9-5-6-9)12(16)7-10-3-2-4-11(14)13(10)15/h2-4,8-9,12H,5-7,16H2,1H3. The van der Waals surface area contributed by atoms with Gasteiger partial charge in [0.15, 0.2) is 0 Å². The third-order valence-corrected chi connectivity index (χ3v) is 3.82. The zero-order valence-electron chi connectivity index (χ0n) is 9.42. The molecule has 0 amide bonds. The van der Waals surface area contributed by atoms with Gasteiger partial charge in [0.1, 0.15) is 5.82 Å². The van der Waals surface area contributed by atoms with Gasteiger partial charge < -0.3 is 5.73 Å². The van der Waals surface area contributed by atoms with Crippen molar-refractivity contribution in [2.75, 3.05) is 0 Å². The first-order valence-electron chi connectivity index (χ1n) is 5.78. The van der Waals surface area contributed by atoms with Crippen LogP contribution in [0.2, 0.25) is 5.02 Å². The second-order valence-corrected chi connectivity index (χ2v) is 5.18. The highest BCUT2D eigenvalue weighted by molar-refractivity contribution is 6.30. The Bertz CT molecular complexity index is 376. The van der Waals surface area contributed by atoms with E-state index in [0.29, 0.717) is 17.9 Å². The predicted octanol–water partition coefficient (Wildman–Crippen LogP) is 3.40. The summed E-state index contributed by atoms with van der Waals surface area (Å²) in [7, 11) is 0. The highest BCUT2D eigenvalue weighted by Gasteiger charge is 2.31. The minimum Gasteiger partial charge on any atom is -0.327 e. The molecule has 0 bridgehead atoms. The lowest BCUT2D eigenvalue weighted by Gasteiger charge is -2.19. The molecule has 0 heterocycles. The fourth-order valence-electron chi connectivity index (χ4n) is 2.12. The van der Waals surface area contributed by atoms with Gasteiger partial charge >= 0.3 is 0 Å². The van der Waals surface area contributed by atoms with Crippen LogP contribution < -0.4 is 5.73 Å². The summed E-state index contributed by atoms with van der Waals surface area (Å²) in [5, 5.41) is 0.184. The summed E-state index contributed by atoms with van der Waals surface area (Å²) in [6, 6.07) is 5.13. The molecule has 2 N–H and O–H groups in total. The lowest BCUT2D eigenvalue weighted by atomic mass is 9.92. The van der Waals surface area contributed by atoms with Crippen molar-refractivity contribution in [2.24, 2.45) is 17.6 Å². The lowest BCUT2D eigenvalue weighted by molar-refractivity contribution is 0.400. The first-order valence-corrected chi connectivity index (χ1v) is 6.16. The number of hydrogen-bond acceptors (Lipinski definition) is 1. The van der Waals surface area contributed by atoms with Gasteiger partial charge in [0.2, 0.25) is 0 Å². The van der Waals surface area contributed by atoms with Crippen LogP contribution in [0.15, 0.2) is 18.2 Å². The molecule has 0 radical (unpaired) electrons. The van der Waals surface area contributed by atoms with E-state index in [9.17, 15) is 4.39 Å². The quantitative estimate of drug-likeness (QED) is 0.859. The van der Waals surface area contributed by atoms with Gasteiger partial charge in [-0.1, -0.05) is 30.7 Å². The maximum absolute atomic E-state index is 13.7. The van der Waals surface area contributed by atoms with Gasteiger partial charge in [-0.15, -0.1) is 0 Å². The third-order valence-electron chi connectivity index (χ3n) is 3.53. The Hall–Kier alpha value is -0.600. The molecule has 1 nitrogen and oxygen atoms in total. The summed E-state index contributed by atoms with van der Waals surface area (Å²) in [6.45, 7) is 2.16. The first-order chi connectivity index (χ1) is 7.59. The molecule has 1 saturated carbocycles. The number of nitrogens with two attached hydrogens (primary N) is 1. The molecule has 1 aliphatic carbocycles. The van der Waals surface area contributed by atoms with Crippen LogP contribution in [0.5, 0.6) is 0 Å². The van der Waals surface area contributed by atoms with Crippen LogP contribution >= 0.6 is 11.6 Å². The molecule has 2 rings (SSSR count). The molecule has 0 saturated heterocycles. The Balaban J connectivity index is 2.05. The van der Waals surface area contributed by atoms with Crippen LogP contribution in [0, 0.1) is 17.7 Å². The zero-order valence-corrected chi connectivity index (χ0v) is 10.2. The van der Waals surface area contributed by atoms with Crippen LogP contribution in [0.25, 0.3) is 0 Å². The monoisotopic (exact) mass is 241 g/mol. The highest BCUT2D eigenvalue weighted by Crippen LogP contribution is 2.38. The van der Waals surface area contributed by atoms with Crippen LogP contribution in [-0.2, 0) is 6.42 Å². The minimum atomic E-state index is -0.317. The summed E-state index contributed by atoms with van der Waals surface area (Å²) in [5.41, 5.74) is 6.73. The SMILES string of the molecule is CC(C(N)Cc1cccc(Cl)c1F)C1CC1. The second kappa shape index (κ2) is 4.72. The summed E-state index contributed by atoms with van der Waals surface area (Å²) in [6.07, 6.45) is 3.11. The zero-order chi connectivity index (χ0) is 11.7. The molecular weight excluding hydrogens is 225 g/mol. The molecule has 2 atom stereocenters. The molecule has 0 aliphatic heterocycles. The molecule has 1 fully saturated rings. The number of hydrogen-bond donors (Lipinski definition) is 1. The number of rotatable bonds is 4. The van der Waals surface area contributed by atoms with Crippen LogP contribution in [0.3, 0.4) is 0 Å². The Kier molecular flexibility index (Phi) is 3.50. The Morgan fingerprint density at radius 2 is 2.19 bits per heavy atom. The smallest absolute Gasteiger partial charge is 0.145 e. The van der Waals surface area contributed by atoms with E-state index < -0.39 is 0 Å². The van der Waals surface area contributed by atoms with Gasteiger partial charge in [0.05, 0.1) is 5.02 Å². The fraction of sp³-hybridized carbons (Fsp3) is 0.538. The average Bonchev–Trinajstić information content (AvgIpc) is 3.07. The van der Waals surface area contributed by atoms with E-state index in [1.165, 1.54) is 12.8 Å². The first kappa shape index (κ1) is 11.9. The van der Waals surface area contributed by atoms with Gasteiger partial charge in [-0.25, -0.2) is 4.39 Å². The van der Waals surface area contributed by atoms with Crippen molar-refractivity contribution >= 4 is 11.6 Å². The van der Waals surface area contributed by atoms with Crippen LogP contribution in [-0.4, -0.2) is 6.04 Å². The molecule has 1 aromatic rings. The van der Waals surface area contributed by atoms with Crippen molar-refractivity contribution < 1.29 is 4.39 Å². The van der Waals surface area contributed by atoms with Crippen molar-refractivity contribution in [1.82, 2.24) is 0 Å². The number of halogens is 2. The molecule has 0 aromatic heterocycles. The van der Waals surface area contributed by atoms with Crippen molar-refractivity contribution in [1.29, 1.82) is 0 Å². The van der Waals surface area contributed by atoms with E-state index in [1.807, 2.05) is 0 Å². The summed E-state index contributed by atoms with van der Waals surface area (Å²) in [5.74, 6) is 0.901. The molecule has 0 spiro atoms. The molecule has 1 aliphatic rings. The molecule has 3 heteroatoms. The molecule has 2 unspecified atom stereocenters. The predicted molar refractivity (Wildman–Crippen MR) is 65.0 cm³/mol. The van der Waals surface area contributed by atoms with Crippen molar-refractivity contribution in [2.45, 2.75) is 32.2 Å². The van der Waals surface area contributed by atoms with E-state index in [4.69, 9.17) is 17.3 Å². The third kappa shape index (κ3) is 2.55. The molecule has 1 aromatic carbocycles. The van der Waals surface area contributed by atoms with Gasteiger partial charge in [0.25, 0.3) is 0 Å². The summed E-state index contributed by atoms with van der Waals surface area (Å²) in [4.78, 5) is 0. The highest BCUT2D eigenvalue weighted by atomic mass is 35.5. The maximum atomic E-state index is 13.7. The average molecular weight is 242 g/mol. The normalized spacial score (nSPS) is 19.5. The lowest BCUT2D eigenvalue weighted by Crippen LogP contribution is -2.32. The molecule has 88 valence electrons. The van der Waals surface area contributed by atoms with Crippen molar-refractivity contribution in [3.05, 3.63) is 34.6 Å². The van der Waals surface area contributed by atoms with E-state index in [-0.39, 0.29) is 16.9 Å². The van der Waals surface area contributed by atoms with Crippen molar-refractivity contribution in [3.63, 3.8) is 0 Å². The van der Waals surface area contributed by atoms with Gasteiger partial charge in [-0.3, -0.25) is 0 Å². The van der Waals surface area contributed by atoms with Gasteiger partial charge in [-0.05, 0) is 42.7 Å². The topological polar surface area (TPSA) is 26.0 Å². The summed E-state index contributed by atoms with van der Waals surface area (Å²) >= 11 is 5.74. The Morgan fingerprint density at radius 1 is 1.50 bits per heavy atom. The fourth-order valence-corrected chi connectivity index (χ4v) is 2.31. The van der Waals surface area contributed by atoms with Gasteiger partial charge in [0, 0.05) is 6.04 Å². The van der Waals surface area contributed by atoms with E-state index in [1.54, 1.807) is 18.2 Å². The molecular formula is C13H17ClFN. The Labute approximate surface area is 101 Å². The Morgan fingerprint density at radius 3 is 2.81 bits per heavy atom. The van der Waals surface area contributed by atoms with Crippen LogP contribution in [0.1, 0.15) is 25.3 Å².